The van der Waals surface area contributed by atoms with Crippen LogP contribution in [0.3, 0.4) is 0 Å². The van der Waals surface area contributed by atoms with Gasteiger partial charge in [0.2, 0.25) is 0 Å². The number of nitrogens with zero attached hydrogens (tertiary/aromatic N) is 1. The van der Waals surface area contributed by atoms with Crippen molar-refractivity contribution in [1.82, 2.24) is 9.03 Å². The van der Waals surface area contributed by atoms with Gasteiger partial charge in [-0.2, -0.15) is 17.4 Å². The van der Waals surface area contributed by atoms with Crippen LogP contribution >= 0.6 is 0 Å². The van der Waals surface area contributed by atoms with Crippen molar-refractivity contribution in [3.05, 3.63) is 0 Å². The van der Waals surface area contributed by atoms with Gasteiger partial charge in [-0.25, -0.2) is 0 Å². The zero-order valence-electron chi connectivity index (χ0n) is 10.0. The summed E-state index contributed by atoms with van der Waals surface area (Å²) in [6.45, 7) is 6.66. The second kappa shape index (κ2) is 6.42. The summed E-state index contributed by atoms with van der Waals surface area (Å²) < 4.78 is 27.2. The van der Waals surface area contributed by atoms with Crippen LogP contribution in [-0.4, -0.2) is 38.9 Å². The molecule has 0 amide bonds. The Bertz CT molecular complexity index is 265. The zero-order valence-corrected chi connectivity index (χ0v) is 10.8. The minimum atomic E-state index is -3.36. The molecule has 0 spiro atoms. The first-order chi connectivity index (χ1) is 6.83. The van der Waals surface area contributed by atoms with Crippen LogP contribution in [-0.2, 0) is 10.2 Å². The van der Waals surface area contributed by atoms with E-state index in [0.29, 0.717) is 19.0 Å². The third-order valence-corrected chi connectivity index (χ3v) is 3.92. The van der Waals surface area contributed by atoms with E-state index in [1.54, 1.807) is 14.0 Å². The molecular formula is C9H23N3O2S. The molecule has 1 unspecified atom stereocenters. The highest BCUT2D eigenvalue weighted by atomic mass is 32.2. The maximum absolute atomic E-state index is 11.7. The lowest BCUT2D eigenvalue weighted by Crippen LogP contribution is -2.47. The third-order valence-electron chi connectivity index (χ3n) is 2.21. The molecule has 0 aliphatic rings. The van der Waals surface area contributed by atoms with Crippen LogP contribution in [0.1, 0.15) is 27.2 Å². The van der Waals surface area contributed by atoms with Crippen LogP contribution < -0.4 is 10.5 Å². The SMILES string of the molecule is CCN(C)S(=O)(=O)NC(CN)CC(C)C. The standard InChI is InChI=1S/C9H23N3O2S/c1-5-12(4)15(13,14)11-9(7-10)6-8(2)3/h8-9,11H,5-7,10H2,1-4H3. The molecular weight excluding hydrogens is 214 g/mol. The predicted molar refractivity (Wildman–Crippen MR) is 62.7 cm³/mol. The quantitative estimate of drug-likeness (QED) is 0.661. The van der Waals surface area contributed by atoms with E-state index in [2.05, 4.69) is 4.72 Å². The van der Waals surface area contributed by atoms with Crippen LogP contribution in [0.4, 0.5) is 0 Å². The minimum Gasteiger partial charge on any atom is -0.329 e. The molecule has 0 rings (SSSR count). The Kier molecular flexibility index (Phi) is 6.35. The van der Waals surface area contributed by atoms with Gasteiger partial charge in [0.05, 0.1) is 0 Å². The highest BCUT2D eigenvalue weighted by Gasteiger charge is 2.20. The van der Waals surface area contributed by atoms with Gasteiger partial charge in [0.15, 0.2) is 0 Å². The lowest BCUT2D eigenvalue weighted by atomic mass is 10.1. The van der Waals surface area contributed by atoms with Crippen LogP contribution in [0.5, 0.6) is 0 Å². The van der Waals surface area contributed by atoms with Crippen molar-refractivity contribution < 1.29 is 8.42 Å². The second-order valence-electron chi connectivity index (χ2n) is 4.10. The molecule has 15 heavy (non-hydrogen) atoms. The van der Waals surface area contributed by atoms with Crippen molar-refractivity contribution in [1.29, 1.82) is 0 Å². The van der Waals surface area contributed by atoms with E-state index >= 15 is 0 Å². The number of nitrogens with two attached hydrogens (primary N) is 1. The first kappa shape index (κ1) is 14.8. The number of hydrogen-bond acceptors (Lipinski definition) is 3. The molecule has 0 aliphatic carbocycles. The van der Waals surface area contributed by atoms with Gasteiger partial charge in [0, 0.05) is 26.2 Å². The molecule has 5 nitrogen and oxygen atoms in total. The maximum Gasteiger partial charge on any atom is 0.279 e. The van der Waals surface area contributed by atoms with E-state index in [0.717, 1.165) is 6.42 Å². The van der Waals surface area contributed by atoms with E-state index in [9.17, 15) is 8.42 Å². The number of rotatable bonds is 7. The van der Waals surface area contributed by atoms with Gasteiger partial charge in [0.1, 0.15) is 0 Å². The summed E-state index contributed by atoms with van der Waals surface area (Å²) >= 11 is 0. The molecule has 6 heteroatoms. The van der Waals surface area contributed by atoms with Gasteiger partial charge >= 0.3 is 0 Å². The summed E-state index contributed by atoms with van der Waals surface area (Å²) in [5.74, 6) is 0.424. The maximum atomic E-state index is 11.7. The van der Waals surface area contributed by atoms with Crippen molar-refractivity contribution in [2.24, 2.45) is 11.7 Å². The van der Waals surface area contributed by atoms with Crippen molar-refractivity contribution in [3.8, 4) is 0 Å². The summed E-state index contributed by atoms with van der Waals surface area (Å²) in [5, 5.41) is 0. The Hall–Kier alpha value is -0.170. The molecule has 0 heterocycles. The van der Waals surface area contributed by atoms with Crippen molar-refractivity contribution >= 4 is 10.2 Å². The predicted octanol–water partition coefficient (Wildman–Crippen LogP) is 0.146. The van der Waals surface area contributed by atoms with E-state index < -0.39 is 10.2 Å². The third kappa shape index (κ3) is 5.46. The number of nitrogens with one attached hydrogen (secondary N) is 1. The number of hydrogen-bond donors (Lipinski definition) is 2. The summed E-state index contributed by atoms with van der Waals surface area (Å²) in [4.78, 5) is 0. The molecule has 92 valence electrons. The lowest BCUT2D eigenvalue weighted by Gasteiger charge is -2.22. The molecule has 0 saturated heterocycles. The first-order valence-corrected chi connectivity index (χ1v) is 6.71. The van der Waals surface area contributed by atoms with Crippen LogP contribution in [0.15, 0.2) is 0 Å². The van der Waals surface area contributed by atoms with Crippen molar-refractivity contribution in [3.63, 3.8) is 0 Å². The van der Waals surface area contributed by atoms with Gasteiger partial charge < -0.3 is 5.73 Å². The van der Waals surface area contributed by atoms with Crippen LogP contribution in [0.2, 0.25) is 0 Å². The molecule has 0 bridgehead atoms. The second-order valence-corrected chi connectivity index (χ2v) is 5.91. The fraction of sp³-hybridized carbons (Fsp3) is 1.00. The normalized spacial score (nSPS) is 14.9. The average molecular weight is 237 g/mol. The summed E-state index contributed by atoms with van der Waals surface area (Å²) in [5.41, 5.74) is 5.52. The summed E-state index contributed by atoms with van der Waals surface area (Å²) in [7, 11) is -1.82. The Morgan fingerprint density at radius 3 is 2.27 bits per heavy atom. The zero-order chi connectivity index (χ0) is 12.1. The van der Waals surface area contributed by atoms with Gasteiger partial charge in [-0.1, -0.05) is 20.8 Å². The Morgan fingerprint density at radius 2 is 1.93 bits per heavy atom. The van der Waals surface area contributed by atoms with Gasteiger partial charge in [0.25, 0.3) is 10.2 Å². The summed E-state index contributed by atoms with van der Waals surface area (Å²) in [6, 6.07) is -0.177. The van der Waals surface area contributed by atoms with Crippen LogP contribution in [0.25, 0.3) is 0 Å². The average Bonchev–Trinajstić information content (AvgIpc) is 2.14. The fourth-order valence-corrected chi connectivity index (χ4v) is 2.37. The van der Waals surface area contributed by atoms with Gasteiger partial charge in [-0.05, 0) is 12.3 Å². The smallest absolute Gasteiger partial charge is 0.279 e. The van der Waals surface area contributed by atoms with Crippen molar-refractivity contribution in [2.45, 2.75) is 33.2 Å². The molecule has 0 aromatic carbocycles. The Labute approximate surface area is 93.2 Å². The van der Waals surface area contributed by atoms with E-state index in [-0.39, 0.29) is 6.04 Å². The van der Waals surface area contributed by atoms with Crippen LogP contribution in [0, 0.1) is 5.92 Å². The minimum absolute atomic E-state index is 0.177. The molecule has 0 fully saturated rings. The molecule has 1 atom stereocenters. The lowest BCUT2D eigenvalue weighted by molar-refractivity contribution is 0.430. The van der Waals surface area contributed by atoms with E-state index in [1.807, 2.05) is 13.8 Å². The molecule has 0 aliphatic heterocycles. The Morgan fingerprint density at radius 1 is 1.40 bits per heavy atom. The molecule has 0 radical (unpaired) electrons. The van der Waals surface area contributed by atoms with Gasteiger partial charge in [-0.3, -0.25) is 0 Å². The molecule has 0 saturated carbocycles. The Balaban J connectivity index is 4.41. The molecule has 3 N–H and O–H groups in total. The molecule has 0 aromatic rings. The highest BCUT2D eigenvalue weighted by molar-refractivity contribution is 7.87. The summed E-state index contributed by atoms with van der Waals surface area (Å²) in [6.07, 6.45) is 0.757. The van der Waals surface area contributed by atoms with E-state index in [4.69, 9.17) is 5.73 Å². The first-order valence-electron chi connectivity index (χ1n) is 5.27. The van der Waals surface area contributed by atoms with E-state index in [1.165, 1.54) is 4.31 Å². The topological polar surface area (TPSA) is 75.4 Å². The monoisotopic (exact) mass is 237 g/mol. The fourth-order valence-electron chi connectivity index (χ4n) is 1.23. The highest BCUT2D eigenvalue weighted by Crippen LogP contribution is 2.05. The van der Waals surface area contributed by atoms with Crippen molar-refractivity contribution in [2.75, 3.05) is 20.1 Å². The molecule has 0 aromatic heterocycles. The largest absolute Gasteiger partial charge is 0.329 e. The van der Waals surface area contributed by atoms with Gasteiger partial charge in [-0.15, -0.1) is 0 Å².